The van der Waals surface area contributed by atoms with Gasteiger partial charge in [-0.1, -0.05) is 49.9 Å². The Labute approximate surface area is 116 Å². The van der Waals surface area contributed by atoms with Crippen LogP contribution in [0.1, 0.15) is 44.6 Å². The minimum atomic E-state index is 0.746. The van der Waals surface area contributed by atoms with E-state index in [9.17, 15) is 0 Å². The lowest BCUT2D eigenvalue weighted by Gasteiger charge is -2.29. The van der Waals surface area contributed by atoms with E-state index in [-0.39, 0.29) is 0 Å². The molecule has 0 aliphatic heterocycles. The summed E-state index contributed by atoms with van der Waals surface area (Å²) >= 11 is 5.88. The molecule has 1 aliphatic rings. The molecule has 2 atom stereocenters. The van der Waals surface area contributed by atoms with E-state index in [0.29, 0.717) is 0 Å². The van der Waals surface area contributed by atoms with E-state index in [0.717, 1.165) is 29.9 Å². The maximum Gasteiger partial charge on any atom is 0.0406 e. The molecular formula is C16H24ClN. The third-order valence-corrected chi connectivity index (χ3v) is 4.37. The molecule has 2 heteroatoms. The van der Waals surface area contributed by atoms with Crippen LogP contribution in [-0.2, 0) is 6.42 Å². The van der Waals surface area contributed by atoms with Gasteiger partial charge in [0.05, 0.1) is 0 Å². The molecule has 1 aliphatic carbocycles. The number of benzene rings is 1. The Morgan fingerprint density at radius 2 is 2.00 bits per heavy atom. The first-order valence-electron chi connectivity index (χ1n) is 7.25. The van der Waals surface area contributed by atoms with Gasteiger partial charge in [0, 0.05) is 11.1 Å². The molecule has 1 aromatic carbocycles. The van der Waals surface area contributed by atoms with E-state index in [1.54, 1.807) is 0 Å². The van der Waals surface area contributed by atoms with E-state index in [2.05, 4.69) is 24.4 Å². The summed E-state index contributed by atoms with van der Waals surface area (Å²) in [5, 5.41) is 4.54. The van der Waals surface area contributed by atoms with E-state index in [1.807, 2.05) is 12.1 Å². The Morgan fingerprint density at radius 3 is 2.72 bits per heavy atom. The Kier molecular flexibility index (Phi) is 5.52. The molecule has 1 N–H and O–H groups in total. The molecule has 2 rings (SSSR count). The fourth-order valence-corrected chi connectivity index (χ4v) is 3.04. The SMILES string of the molecule is CCC1CCCC(NCCc2ccc(Cl)cc2)C1. The van der Waals surface area contributed by atoms with Crippen molar-refractivity contribution in [2.75, 3.05) is 6.54 Å². The van der Waals surface area contributed by atoms with Gasteiger partial charge in [-0.25, -0.2) is 0 Å². The van der Waals surface area contributed by atoms with E-state index >= 15 is 0 Å². The molecule has 0 heterocycles. The maximum atomic E-state index is 5.88. The van der Waals surface area contributed by atoms with Crippen LogP contribution in [0.4, 0.5) is 0 Å². The lowest BCUT2D eigenvalue weighted by molar-refractivity contribution is 0.280. The zero-order valence-corrected chi connectivity index (χ0v) is 12.0. The predicted octanol–water partition coefficient (Wildman–Crippen LogP) is 4.44. The molecule has 2 unspecified atom stereocenters. The summed E-state index contributed by atoms with van der Waals surface area (Å²) < 4.78 is 0. The first kappa shape index (κ1) is 13.9. The number of hydrogen-bond acceptors (Lipinski definition) is 1. The van der Waals surface area contributed by atoms with Crippen molar-refractivity contribution in [3.63, 3.8) is 0 Å². The third-order valence-electron chi connectivity index (χ3n) is 4.12. The van der Waals surface area contributed by atoms with Crippen LogP contribution in [0.15, 0.2) is 24.3 Å². The second-order valence-corrected chi connectivity index (χ2v) is 5.90. The molecular weight excluding hydrogens is 242 g/mol. The molecule has 0 aromatic heterocycles. The van der Waals surface area contributed by atoms with Gasteiger partial charge in [-0.05, 0) is 49.4 Å². The van der Waals surface area contributed by atoms with Crippen LogP contribution in [0.5, 0.6) is 0 Å². The molecule has 0 saturated heterocycles. The highest BCUT2D eigenvalue weighted by Crippen LogP contribution is 2.26. The largest absolute Gasteiger partial charge is 0.314 e. The minimum Gasteiger partial charge on any atom is -0.314 e. The third kappa shape index (κ3) is 4.29. The summed E-state index contributed by atoms with van der Waals surface area (Å²) in [7, 11) is 0. The standard InChI is InChI=1S/C16H24ClN/c1-2-13-4-3-5-16(12-13)18-11-10-14-6-8-15(17)9-7-14/h6-9,13,16,18H,2-5,10-12H2,1H3. The van der Waals surface area contributed by atoms with Gasteiger partial charge in [-0.3, -0.25) is 0 Å². The Bertz CT molecular complexity index is 347. The average Bonchev–Trinajstić information content (AvgIpc) is 2.41. The van der Waals surface area contributed by atoms with Crippen LogP contribution in [0.3, 0.4) is 0 Å². The summed E-state index contributed by atoms with van der Waals surface area (Å²) in [5.74, 6) is 0.951. The summed E-state index contributed by atoms with van der Waals surface area (Å²) in [6.07, 6.45) is 8.01. The molecule has 1 saturated carbocycles. The van der Waals surface area contributed by atoms with Crippen LogP contribution in [-0.4, -0.2) is 12.6 Å². The zero-order chi connectivity index (χ0) is 12.8. The van der Waals surface area contributed by atoms with E-state index in [4.69, 9.17) is 11.6 Å². The monoisotopic (exact) mass is 265 g/mol. The minimum absolute atomic E-state index is 0.746. The van der Waals surface area contributed by atoms with Gasteiger partial charge in [0.15, 0.2) is 0 Å². The van der Waals surface area contributed by atoms with Gasteiger partial charge in [0.2, 0.25) is 0 Å². The van der Waals surface area contributed by atoms with Crippen LogP contribution in [0.2, 0.25) is 5.02 Å². The summed E-state index contributed by atoms with van der Waals surface area (Å²) in [5.41, 5.74) is 1.37. The van der Waals surface area contributed by atoms with Crippen LogP contribution in [0.25, 0.3) is 0 Å². The highest BCUT2D eigenvalue weighted by atomic mass is 35.5. The Morgan fingerprint density at radius 1 is 1.22 bits per heavy atom. The number of nitrogens with one attached hydrogen (secondary N) is 1. The highest BCUT2D eigenvalue weighted by molar-refractivity contribution is 6.30. The Balaban J connectivity index is 1.70. The van der Waals surface area contributed by atoms with Crippen LogP contribution in [0, 0.1) is 5.92 Å². The van der Waals surface area contributed by atoms with Gasteiger partial charge < -0.3 is 5.32 Å². The summed E-state index contributed by atoms with van der Waals surface area (Å²) in [6, 6.07) is 8.95. The molecule has 1 aromatic rings. The second kappa shape index (κ2) is 7.16. The van der Waals surface area contributed by atoms with E-state index < -0.39 is 0 Å². The normalized spacial score (nSPS) is 24.1. The van der Waals surface area contributed by atoms with Crippen LogP contribution < -0.4 is 5.32 Å². The highest BCUT2D eigenvalue weighted by Gasteiger charge is 2.19. The topological polar surface area (TPSA) is 12.0 Å². The first-order valence-corrected chi connectivity index (χ1v) is 7.63. The fraction of sp³-hybridized carbons (Fsp3) is 0.625. The molecule has 1 fully saturated rings. The molecule has 1 nitrogen and oxygen atoms in total. The lowest BCUT2D eigenvalue weighted by atomic mass is 9.84. The zero-order valence-electron chi connectivity index (χ0n) is 11.3. The van der Waals surface area contributed by atoms with Crippen molar-refractivity contribution in [3.8, 4) is 0 Å². The van der Waals surface area contributed by atoms with Crippen molar-refractivity contribution in [2.45, 2.75) is 51.5 Å². The van der Waals surface area contributed by atoms with Crippen molar-refractivity contribution in [1.29, 1.82) is 0 Å². The van der Waals surface area contributed by atoms with Gasteiger partial charge >= 0.3 is 0 Å². The van der Waals surface area contributed by atoms with Crippen LogP contribution >= 0.6 is 11.6 Å². The average molecular weight is 266 g/mol. The number of hydrogen-bond donors (Lipinski definition) is 1. The first-order chi connectivity index (χ1) is 8.78. The van der Waals surface area contributed by atoms with Crippen molar-refractivity contribution >= 4 is 11.6 Å². The molecule has 0 bridgehead atoms. The maximum absolute atomic E-state index is 5.88. The van der Waals surface area contributed by atoms with Gasteiger partial charge in [-0.15, -0.1) is 0 Å². The summed E-state index contributed by atoms with van der Waals surface area (Å²) in [4.78, 5) is 0. The van der Waals surface area contributed by atoms with Crippen molar-refractivity contribution in [2.24, 2.45) is 5.92 Å². The molecule has 0 amide bonds. The second-order valence-electron chi connectivity index (χ2n) is 5.47. The smallest absolute Gasteiger partial charge is 0.0406 e. The van der Waals surface area contributed by atoms with Gasteiger partial charge in [0.1, 0.15) is 0 Å². The molecule has 100 valence electrons. The van der Waals surface area contributed by atoms with Crippen molar-refractivity contribution in [1.82, 2.24) is 5.32 Å². The van der Waals surface area contributed by atoms with E-state index in [1.165, 1.54) is 37.7 Å². The van der Waals surface area contributed by atoms with Crippen molar-refractivity contribution in [3.05, 3.63) is 34.9 Å². The molecule has 0 spiro atoms. The number of halogens is 1. The summed E-state index contributed by atoms with van der Waals surface area (Å²) in [6.45, 7) is 3.41. The lowest BCUT2D eigenvalue weighted by Crippen LogP contribution is -2.35. The fourth-order valence-electron chi connectivity index (χ4n) is 2.92. The van der Waals surface area contributed by atoms with Gasteiger partial charge in [0.25, 0.3) is 0 Å². The quantitative estimate of drug-likeness (QED) is 0.830. The number of rotatable bonds is 5. The molecule has 18 heavy (non-hydrogen) atoms. The van der Waals surface area contributed by atoms with Gasteiger partial charge in [-0.2, -0.15) is 0 Å². The Hall–Kier alpha value is -0.530. The predicted molar refractivity (Wildman–Crippen MR) is 79.2 cm³/mol. The molecule has 0 radical (unpaired) electrons. The van der Waals surface area contributed by atoms with Crippen molar-refractivity contribution < 1.29 is 0 Å².